The molecular weight excluding hydrogens is 299 g/mol. The van der Waals surface area contributed by atoms with Crippen LogP contribution in [-0.4, -0.2) is 32.2 Å². The highest BCUT2D eigenvalue weighted by Gasteiger charge is 2.40. The summed E-state index contributed by atoms with van der Waals surface area (Å²) in [6.45, 7) is 4.95. The second-order valence-electron chi connectivity index (χ2n) is 5.50. The van der Waals surface area contributed by atoms with Gasteiger partial charge in [0, 0.05) is 35.3 Å². The quantitative estimate of drug-likeness (QED) is 0.930. The fraction of sp³-hybridized carbons (Fsp3) is 0.500. The van der Waals surface area contributed by atoms with Gasteiger partial charge in [0.2, 0.25) is 5.91 Å². The molecule has 1 aromatic rings. The van der Waals surface area contributed by atoms with Crippen molar-refractivity contribution in [2.45, 2.75) is 25.3 Å². The molecule has 1 unspecified atom stereocenters. The average molecular weight is 319 g/mol. The first kappa shape index (κ1) is 17.2. The van der Waals surface area contributed by atoms with Crippen molar-refractivity contribution in [1.29, 1.82) is 0 Å². The minimum Gasteiger partial charge on any atom is -0.383 e. The number of carbonyl (C=O) groups is 1. The van der Waals surface area contributed by atoms with Crippen molar-refractivity contribution in [2.24, 2.45) is 5.73 Å². The first-order valence-corrected chi connectivity index (χ1v) is 6.61. The van der Waals surface area contributed by atoms with Gasteiger partial charge in [-0.25, -0.2) is 0 Å². The van der Waals surface area contributed by atoms with Crippen LogP contribution in [-0.2, 0) is 14.9 Å². The van der Waals surface area contributed by atoms with Gasteiger partial charge in [0.1, 0.15) is 6.04 Å². The molecule has 2 N–H and O–H groups in total. The zero-order valence-electron chi connectivity index (χ0n) is 11.9. The van der Waals surface area contributed by atoms with Crippen molar-refractivity contribution >= 4 is 35.6 Å². The van der Waals surface area contributed by atoms with Crippen LogP contribution in [0.1, 0.15) is 19.4 Å². The lowest BCUT2D eigenvalue weighted by molar-refractivity contribution is -0.120. The van der Waals surface area contributed by atoms with Crippen LogP contribution in [0, 0.1) is 0 Å². The maximum atomic E-state index is 12.4. The Morgan fingerprint density at radius 3 is 2.80 bits per heavy atom. The molecule has 20 heavy (non-hydrogen) atoms. The summed E-state index contributed by atoms with van der Waals surface area (Å²) in [4.78, 5) is 14.1. The van der Waals surface area contributed by atoms with Gasteiger partial charge >= 0.3 is 0 Å². The van der Waals surface area contributed by atoms with E-state index >= 15 is 0 Å². The van der Waals surface area contributed by atoms with E-state index in [-0.39, 0.29) is 30.3 Å². The monoisotopic (exact) mass is 318 g/mol. The van der Waals surface area contributed by atoms with Crippen LogP contribution < -0.4 is 10.6 Å². The highest BCUT2D eigenvalue weighted by atomic mass is 35.5. The Bertz CT molecular complexity index is 506. The maximum absolute atomic E-state index is 12.4. The van der Waals surface area contributed by atoms with E-state index in [2.05, 4.69) is 13.8 Å². The van der Waals surface area contributed by atoms with E-state index in [1.807, 2.05) is 18.2 Å². The number of hydrogen-bond acceptors (Lipinski definition) is 3. The summed E-state index contributed by atoms with van der Waals surface area (Å²) in [6, 6.07) is 4.97. The van der Waals surface area contributed by atoms with Gasteiger partial charge in [-0.2, -0.15) is 0 Å². The van der Waals surface area contributed by atoms with Crippen molar-refractivity contribution in [3.05, 3.63) is 28.8 Å². The van der Waals surface area contributed by atoms with Crippen LogP contribution in [0.15, 0.2) is 18.2 Å². The van der Waals surface area contributed by atoms with Crippen molar-refractivity contribution in [3.63, 3.8) is 0 Å². The molecule has 1 atom stereocenters. The zero-order valence-corrected chi connectivity index (χ0v) is 13.4. The fourth-order valence-electron chi connectivity index (χ4n) is 2.61. The molecule has 1 aliphatic rings. The van der Waals surface area contributed by atoms with Gasteiger partial charge in [-0.05, 0) is 12.1 Å². The standard InChI is InChI=1S/C14H19ClN2O2.ClH/c1-14(2)8-17(13(18)10(16)7-19-3)11-6-4-5-9(15)12(11)14;/h4-6,10H,7-8,16H2,1-3H3;1H. The van der Waals surface area contributed by atoms with Gasteiger partial charge in [-0.3, -0.25) is 4.79 Å². The largest absolute Gasteiger partial charge is 0.383 e. The minimum absolute atomic E-state index is 0. The summed E-state index contributed by atoms with van der Waals surface area (Å²) in [7, 11) is 1.53. The lowest BCUT2D eigenvalue weighted by atomic mass is 9.87. The summed E-state index contributed by atoms with van der Waals surface area (Å²) in [5.74, 6) is -0.129. The lowest BCUT2D eigenvalue weighted by Gasteiger charge is -2.23. The number of benzene rings is 1. The summed E-state index contributed by atoms with van der Waals surface area (Å²) in [6.07, 6.45) is 0. The minimum atomic E-state index is -0.647. The van der Waals surface area contributed by atoms with E-state index in [1.54, 1.807) is 4.90 Å². The Morgan fingerprint density at radius 1 is 1.55 bits per heavy atom. The molecule has 1 amide bonds. The fourth-order valence-corrected chi connectivity index (χ4v) is 3.04. The predicted molar refractivity (Wildman–Crippen MR) is 83.9 cm³/mol. The Hall–Kier alpha value is -0.810. The maximum Gasteiger partial charge on any atom is 0.246 e. The molecule has 4 nitrogen and oxygen atoms in total. The Kier molecular flexibility index (Phi) is 5.44. The third-order valence-electron chi connectivity index (χ3n) is 3.44. The summed E-state index contributed by atoms with van der Waals surface area (Å²) >= 11 is 6.27. The molecule has 0 spiro atoms. The number of methoxy groups -OCH3 is 1. The third kappa shape index (κ3) is 2.93. The summed E-state index contributed by atoms with van der Waals surface area (Å²) < 4.78 is 4.95. The Balaban J connectivity index is 0.00000200. The number of hydrogen-bond donors (Lipinski definition) is 1. The average Bonchev–Trinajstić information content (AvgIpc) is 2.62. The number of nitrogens with zero attached hydrogens (tertiary/aromatic N) is 1. The van der Waals surface area contributed by atoms with E-state index in [0.29, 0.717) is 11.6 Å². The number of fused-ring (bicyclic) bond motifs is 1. The van der Waals surface area contributed by atoms with E-state index in [1.165, 1.54) is 7.11 Å². The molecule has 2 rings (SSSR count). The number of carbonyl (C=O) groups excluding carboxylic acids is 1. The van der Waals surface area contributed by atoms with Crippen LogP contribution in [0.2, 0.25) is 5.02 Å². The summed E-state index contributed by atoms with van der Waals surface area (Å²) in [5, 5.41) is 0.693. The van der Waals surface area contributed by atoms with Crippen molar-refractivity contribution in [3.8, 4) is 0 Å². The summed E-state index contributed by atoms with van der Waals surface area (Å²) in [5.41, 5.74) is 7.54. The molecule has 0 bridgehead atoms. The number of anilines is 1. The SMILES string of the molecule is COCC(N)C(=O)N1CC(C)(C)c2c(Cl)cccc21.Cl. The van der Waals surface area contributed by atoms with E-state index in [0.717, 1.165) is 11.3 Å². The van der Waals surface area contributed by atoms with Gasteiger partial charge in [-0.1, -0.05) is 31.5 Å². The van der Waals surface area contributed by atoms with Crippen LogP contribution in [0.4, 0.5) is 5.69 Å². The van der Waals surface area contributed by atoms with Gasteiger partial charge in [-0.15, -0.1) is 12.4 Å². The highest BCUT2D eigenvalue weighted by Crippen LogP contribution is 2.44. The van der Waals surface area contributed by atoms with Crippen LogP contribution in [0.25, 0.3) is 0 Å². The zero-order chi connectivity index (χ0) is 14.2. The van der Waals surface area contributed by atoms with Crippen LogP contribution in [0.5, 0.6) is 0 Å². The number of rotatable bonds is 3. The van der Waals surface area contributed by atoms with Crippen molar-refractivity contribution in [1.82, 2.24) is 0 Å². The van der Waals surface area contributed by atoms with Crippen LogP contribution >= 0.6 is 24.0 Å². The highest BCUT2D eigenvalue weighted by molar-refractivity contribution is 6.32. The van der Waals surface area contributed by atoms with E-state index in [9.17, 15) is 4.79 Å². The second-order valence-corrected chi connectivity index (χ2v) is 5.91. The smallest absolute Gasteiger partial charge is 0.246 e. The number of halogens is 2. The lowest BCUT2D eigenvalue weighted by Crippen LogP contribution is -2.47. The number of amides is 1. The molecule has 1 aliphatic heterocycles. The normalized spacial score (nSPS) is 17.4. The van der Waals surface area contributed by atoms with E-state index in [4.69, 9.17) is 22.1 Å². The van der Waals surface area contributed by atoms with Gasteiger partial charge < -0.3 is 15.4 Å². The second kappa shape index (κ2) is 6.31. The topological polar surface area (TPSA) is 55.6 Å². The molecule has 6 heteroatoms. The molecule has 0 fully saturated rings. The van der Waals surface area contributed by atoms with Crippen molar-refractivity contribution < 1.29 is 9.53 Å². The molecule has 0 aromatic heterocycles. The molecular formula is C14H20Cl2N2O2. The number of nitrogens with two attached hydrogens (primary N) is 1. The van der Waals surface area contributed by atoms with E-state index < -0.39 is 6.04 Å². The Labute approximate surface area is 130 Å². The van der Waals surface area contributed by atoms with Gasteiger partial charge in [0.15, 0.2) is 0 Å². The molecule has 1 aromatic carbocycles. The van der Waals surface area contributed by atoms with Gasteiger partial charge in [0.05, 0.1) is 6.61 Å². The third-order valence-corrected chi connectivity index (χ3v) is 3.76. The number of ether oxygens (including phenoxy) is 1. The first-order chi connectivity index (χ1) is 8.88. The Morgan fingerprint density at radius 2 is 2.20 bits per heavy atom. The molecule has 0 saturated heterocycles. The first-order valence-electron chi connectivity index (χ1n) is 6.23. The predicted octanol–water partition coefficient (Wildman–Crippen LogP) is 2.36. The molecule has 1 heterocycles. The molecule has 112 valence electrons. The molecule has 0 saturated carbocycles. The van der Waals surface area contributed by atoms with Crippen LogP contribution in [0.3, 0.4) is 0 Å². The van der Waals surface area contributed by atoms with Gasteiger partial charge in [0.25, 0.3) is 0 Å². The van der Waals surface area contributed by atoms with Crippen molar-refractivity contribution in [2.75, 3.05) is 25.2 Å². The molecule has 0 radical (unpaired) electrons. The molecule has 0 aliphatic carbocycles.